The third-order valence-electron chi connectivity index (χ3n) is 2.74. The summed E-state index contributed by atoms with van der Waals surface area (Å²) < 4.78 is 8.02. The van der Waals surface area contributed by atoms with Crippen molar-refractivity contribution in [1.29, 1.82) is 0 Å². The molecule has 1 amide bonds. The Kier molecular flexibility index (Phi) is 4.86. The van der Waals surface area contributed by atoms with Gasteiger partial charge in [0.1, 0.15) is 0 Å². The van der Waals surface area contributed by atoms with Crippen molar-refractivity contribution in [3.8, 4) is 0 Å². The Morgan fingerprint density at radius 2 is 1.60 bits per heavy atom. The first-order valence-electron chi connectivity index (χ1n) is 6.11. The molecule has 0 radical (unpaired) electrons. The minimum Gasteiger partial charge on any atom is -0.338 e. The van der Waals surface area contributed by atoms with E-state index in [1.807, 2.05) is 32.6 Å². The minimum atomic E-state index is -0.904. The molecule has 0 saturated carbocycles. The van der Waals surface area contributed by atoms with Crippen LogP contribution in [-0.2, 0) is 4.79 Å². The molecular weight excluding hydrogens is 186 g/mol. The predicted octanol–water partition coefficient (Wildman–Crippen LogP) is 3.09. The van der Waals surface area contributed by atoms with Gasteiger partial charge in [-0.15, -0.1) is 6.58 Å². The van der Waals surface area contributed by atoms with Crippen LogP contribution in [0.25, 0.3) is 0 Å². The first kappa shape index (κ1) is 12.3. The fourth-order valence-corrected chi connectivity index (χ4v) is 1.70. The molecule has 0 aliphatic rings. The second kappa shape index (κ2) is 5.94. The minimum absolute atomic E-state index is 0.0300. The molecule has 0 aliphatic heterocycles. The van der Waals surface area contributed by atoms with E-state index in [1.165, 1.54) is 6.08 Å². The fourth-order valence-electron chi connectivity index (χ4n) is 1.70. The summed E-state index contributed by atoms with van der Waals surface area (Å²) >= 11 is 0. The van der Waals surface area contributed by atoms with Gasteiger partial charge in [-0.25, -0.2) is 0 Å². The monoisotopic (exact) mass is 212 g/mol. The van der Waals surface area contributed by atoms with Gasteiger partial charge in [-0.05, 0) is 33.6 Å². The highest BCUT2D eigenvalue weighted by Gasteiger charge is 2.27. The highest BCUT2D eigenvalue weighted by atomic mass is 16.2. The molecule has 88 valence electrons. The van der Waals surface area contributed by atoms with E-state index < -0.39 is 5.89 Å². The van der Waals surface area contributed by atoms with Gasteiger partial charge >= 0.3 is 0 Å². The van der Waals surface area contributed by atoms with Gasteiger partial charge in [-0.1, -0.05) is 19.9 Å². The molecule has 0 N–H and O–H groups in total. The van der Waals surface area contributed by atoms with Crippen molar-refractivity contribution >= 4 is 5.91 Å². The van der Waals surface area contributed by atoms with Crippen molar-refractivity contribution in [1.82, 2.24) is 4.90 Å². The van der Waals surface area contributed by atoms with Crippen LogP contribution in [0, 0.1) is 11.8 Å². The summed E-state index contributed by atoms with van der Waals surface area (Å²) in [5.41, 5.74) is 0. The lowest BCUT2D eigenvalue weighted by Crippen LogP contribution is -2.45. The Morgan fingerprint density at radius 3 is 1.87 bits per heavy atom. The van der Waals surface area contributed by atoms with Gasteiger partial charge in [0.15, 0.2) is 0 Å². The average Bonchev–Trinajstić information content (AvgIpc) is 2.15. The van der Waals surface area contributed by atoms with Crippen molar-refractivity contribution < 1.29 is 6.17 Å². The van der Waals surface area contributed by atoms with Crippen LogP contribution < -0.4 is 0 Å². The number of allylic oxidation sites excluding steroid dienone is 1. The molecule has 0 saturated heterocycles. The molecule has 0 aromatic heterocycles. The molecular formula is C13H25NO. The van der Waals surface area contributed by atoms with Crippen molar-refractivity contribution in [2.45, 2.75) is 53.6 Å². The van der Waals surface area contributed by atoms with E-state index in [0.29, 0.717) is 0 Å². The number of carbonyl (C=O) groups excluding carboxylic acids is 1. The van der Waals surface area contributed by atoms with Crippen LogP contribution >= 0.6 is 0 Å². The maximum atomic E-state index is 12.3. The number of rotatable bonds is 5. The maximum absolute atomic E-state index is 12.3. The molecule has 0 fully saturated rings. The third kappa shape index (κ3) is 3.69. The molecule has 0 aliphatic carbocycles. The zero-order chi connectivity index (χ0) is 13.1. The Balaban J connectivity index is 4.96. The van der Waals surface area contributed by atoms with Crippen LogP contribution in [0.2, 0.25) is 0 Å². The summed E-state index contributed by atoms with van der Waals surface area (Å²) in [5.74, 6) is -1.24. The molecule has 0 spiro atoms. The quantitative estimate of drug-likeness (QED) is 0.641. The van der Waals surface area contributed by atoms with E-state index in [0.717, 1.165) is 0 Å². The lowest BCUT2D eigenvalue weighted by atomic mass is 9.94. The van der Waals surface area contributed by atoms with Gasteiger partial charge in [0.05, 0.1) is 0 Å². The first-order valence-corrected chi connectivity index (χ1v) is 5.61. The largest absolute Gasteiger partial charge is 0.338 e. The molecule has 0 heterocycles. The van der Waals surface area contributed by atoms with Crippen molar-refractivity contribution in [2.75, 3.05) is 0 Å². The van der Waals surface area contributed by atoms with Crippen LogP contribution in [0.1, 0.15) is 42.9 Å². The highest BCUT2D eigenvalue weighted by Crippen LogP contribution is 2.18. The Labute approximate surface area is 95.8 Å². The lowest BCUT2D eigenvalue weighted by molar-refractivity contribution is -0.139. The summed E-state index contributed by atoms with van der Waals surface area (Å²) in [6.07, 6.45) is 1.54. The van der Waals surface area contributed by atoms with Crippen molar-refractivity contribution in [3.63, 3.8) is 0 Å². The Hall–Kier alpha value is -0.790. The van der Waals surface area contributed by atoms with E-state index in [2.05, 4.69) is 6.58 Å². The normalized spacial score (nSPS) is 18.3. The van der Waals surface area contributed by atoms with E-state index in [1.54, 1.807) is 13.8 Å². The summed E-state index contributed by atoms with van der Waals surface area (Å²) in [7, 11) is 0. The van der Waals surface area contributed by atoms with Gasteiger partial charge < -0.3 is 4.90 Å². The van der Waals surface area contributed by atoms with Crippen LogP contribution in [0.15, 0.2) is 12.7 Å². The van der Waals surface area contributed by atoms with Gasteiger partial charge in [-0.3, -0.25) is 4.79 Å². The van der Waals surface area contributed by atoms with E-state index >= 15 is 0 Å². The van der Waals surface area contributed by atoms with Crippen LogP contribution in [-0.4, -0.2) is 22.9 Å². The molecule has 15 heavy (non-hydrogen) atoms. The summed E-state index contributed by atoms with van der Waals surface area (Å²) in [4.78, 5) is 14.1. The Bertz CT molecular complexity index is 251. The number of amides is 1. The molecule has 0 aromatic rings. The van der Waals surface area contributed by atoms with Crippen molar-refractivity contribution in [3.05, 3.63) is 12.7 Å². The smallest absolute Gasteiger partial charge is 0.226 e. The highest BCUT2D eigenvalue weighted by molar-refractivity contribution is 5.79. The third-order valence-corrected chi connectivity index (χ3v) is 2.74. The summed E-state index contributed by atoms with van der Waals surface area (Å²) in [6, 6.07) is 0.325. The second-order valence-electron chi connectivity index (χ2n) is 4.60. The molecule has 2 nitrogen and oxygen atoms in total. The van der Waals surface area contributed by atoms with Crippen LogP contribution in [0.3, 0.4) is 0 Å². The van der Waals surface area contributed by atoms with Gasteiger partial charge in [0.25, 0.3) is 0 Å². The molecule has 0 unspecified atom stereocenters. The first-order chi connectivity index (χ1) is 7.15. The zero-order valence-electron chi connectivity index (χ0n) is 11.9. The second-order valence-corrected chi connectivity index (χ2v) is 4.60. The maximum Gasteiger partial charge on any atom is 0.226 e. The molecule has 0 bridgehead atoms. The van der Waals surface area contributed by atoms with Gasteiger partial charge in [-0.2, -0.15) is 0 Å². The van der Waals surface area contributed by atoms with Gasteiger partial charge in [0, 0.05) is 19.4 Å². The molecule has 2 atom stereocenters. The van der Waals surface area contributed by atoms with Gasteiger partial charge in [0.2, 0.25) is 5.91 Å². The Morgan fingerprint density at radius 1 is 1.20 bits per heavy atom. The number of hydrogen-bond donors (Lipinski definition) is 0. The molecule has 0 rings (SSSR count). The predicted molar refractivity (Wildman–Crippen MR) is 65.6 cm³/mol. The summed E-state index contributed by atoms with van der Waals surface area (Å²) in [5, 5.41) is 0. The number of carbonyl (C=O) groups is 1. The number of hydrogen-bond acceptors (Lipinski definition) is 1. The van der Waals surface area contributed by atoms with E-state index in [-0.39, 0.29) is 23.9 Å². The lowest BCUT2D eigenvalue weighted by Gasteiger charge is -2.34. The van der Waals surface area contributed by atoms with Crippen molar-refractivity contribution in [2.24, 2.45) is 11.8 Å². The zero-order valence-corrected chi connectivity index (χ0v) is 10.9. The average molecular weight is 212 g/mol. The van der Waals surface area contributed by atoms with E-state index in [9.17, 15) is 4.79 Å². The SMILES string of the molecule is [2H][C@](C)(C=C)[C@H](C)C(=O)N(C(C)C)C(C)C. The molecule has 2 heteroatoms. The number of nitrogens with zero attached hydrogens (tertiary/aromatic N) is 1. The van der Waals surface area contributed by atoms with E-state index in [4.69, 9.17) is 1.37 Å². The fraction of sp³-hybridized carbons (Fsp3) is 0.769. The topological polar surface area (TPSA) is 20.3 Å². The molecule has 0 aromatic carbocycles. The standard InChI is InChI=1S/C13H25NO/c1-8-11(6)12(7)13(15)14(9(2)3)10(4)5/h8-12H,1H2,2-7H3/t11-,12-/m0/s1/i11D. The van der Waals surface area contributed by atoms with Crippen LogP contribution in [0.5, 0.6) is 0 Å². The summed E-state index contributed by atoms with van der Waals surface area (Å²) in [6.45, 7) is 15.1. The van der Waals surface area contributed by atoms with Crippen LogP contribution in [0.4, 0.5) is 0 Å².